The van der Waals surface area contributed by atoms with Crippen molar-refractivity contribution < 1.29 is 0 Å². The molecule has 2 heterocycles. The van der Waals surface area contributed by atoms with Crippen LogP contribution in [0.1, 0.15) is 12.8 Å². The molecule has 0 aromatic carbocycles. The second-order valence-electron chi connectivity index (χ2n) is 5.22. The number of rotatable bonds is 6. The van der Waals surface area contributed by atoms with Gasteiger partial charge in [-0.1, -0.05) is 0 Å². The quantitative estimate of drug-likeness (QED) is 0.839. The molecule has 1 unspecified atom stereocenters. The predicted octanol–water partition coefficient (Wildman–Crippen LogP) is 1.87. The summed E-state index contributed by atoms with van der Waals surface area (Å²) in [5, 5.41) is 8.22. The van der Waals surface area contributed by atoms with Gasteiger partial charge < -0.3 is 10.2 Å². The standard InChI is InChI=1S/C13H21BrN4OS/c1-17(2)5-6-18-13(19)12(14)11(9-16-18)15-8-10-4-3-7-20-10/h9-10,15H,3-8H2,1-2H3. The number of hydrogen-bond acceptors (Lipinski definition) is 5. The van der Waals surface area contributed by atoms with Crippen molar-refractivity contribution in [2.75, 3.05) is 38.3 Å². The van der Waals surface area contributed by atoms with Crippen LogP contribution in [0, 0.1) is 0 Å². The molecule has 0 radical (unpaired) electrons. The Balaban J connectivity index is 2.00. The largest absolute Gasteiger partial charge is 0.382 e. The van der Waals surface area contributed by atoms with Gasteiger partial charge >= 0.3 is 0 Å². The van der Waals surface area contributed by atoms with E-state index in [9.17, 15) is 4.79 Å². The van der Waals surface area contributed by atoms with Crippen LogP contribution in [0.5, 0.6) is 0 Å². The third-order valence-corrected chi connectivity index (χ3v) is 5.45. The minimum Gasteiger partial charge on any atom is -0.382 e. The summed E-state index contributed by atoms with van der Waals surface area (Å²) in [6, 6.07) is 0. The van der Waals surface area contributed by atoms with Crippen LogP contribution in [-0.2, 0) is 6.54 Å². The number of likely N-dealkylation sites (N-methyl/N-ethyl adjacent to an activating group) is 1. The van der Waals surface area contributed by atoms with Gasteiger partial charge in [0.1, 0.15) is 4.47 Å². The zero-order valence-electron chi connectivity index (χ0n) is 11.9. The fourth-order valence-electron chi connectivity index (χ4n) is 2.07. The van der Waals surface area contributed by atoms with Gasteiger partial charge in [0.05, 0.1) is 18.4 Å². The summed E-state index contributed by atoms with van der Waals surface area (Å²) < 4.78 is 2.08. The van der Waals surface area contributed by atoms with Gasteiger partial charge in [0, 0.05) is 18.3 Å². The second-order valence-corrected chi connectivity index (χ2v) is 7.42. The van der Waals surface area contributed by atoms with Crippen molar-refractivity contribution in [2.45, 2.75) is 24.6 Å². The van der Waals surface area contributed by atoms with Crippen molar-refractivity contribution in [3.63, 3.8) is 0 Å². The minimum atomic E-state index is -0.0732. The minimum absolute atomic E-state index is 0.0732. The van der Waals surface area contributed by atoms with Gasteiger partial charge in [0.2, 0.25) is 0 Å². The van der Waals surface area contributed by atoms with Gasteiger partial charge in [-0.2, -0.15) is 16.9 Å². The van der Waals surface area contributed by atoms with Crippen LogP contribution in [0.2, 0.25) is 0 Å². The molecule has 20 heavy (non-hydrogen) atoms. The Morgan fingerprint density at radius 1 is 1.60 bits per heavy atom. The maximum absolute atomic E-state index is 12.2. The highest BCUT2D eigenvalue weighted by molar-refractivity contribution is 9.10. The Labute approximate surface area is 132 Å². The highest BCUT2D eigenvalue weighted by atomic mass is 79.9. The van der Waals surface area contributed by atoms with Gasteiger partial charge in [-0.05, 0) is 48.6 Å². The summed E-state index contributed by atoms with van der Waals surface area (Å²) >= 11 is 5.39. The highest BCUT2D eigenvalue weighted by Crippen LogP contribution is 2.27. The molecule has 7 heteroatoms. The molecule has 1 fully saturated rings. The van der Waals surface area contributed by atoms with E-state index >= 15 is 0 Å². The van der Waals surface area contributed by atoms with Gasteiger partial charge in [-0.25, -0.2) is 4.68 Å². The third-order valence-electron chi connectivity index (χ3n) is 3.29. The Kier molecular flexibility index (Phi) is 5.92. The van der Waals surface area contributed by atoms with E-state index in [4.69, 9.17) is 0 Å². The maximum Gasteiger partial charge on any atom is 0.283 e. The summed E-state index contributed by atoms with van der Waals surface area (Å²) in [5.74, 6) is 1.25. The fourth-order valence-corrected chi connectivity index (χ4v) is 3.72. The Morgan fingerprint density at radius 2 is 2.40 bits per heavy atom. The molecule has 0 saturated carbocycles. The predicted molar refractivity (Wildman–Crippen MR) is 88.7 cm³/mol. The number of nitrogens with one attached hydrogen (secondary N) is 1. The first-order valence-corrected chi connectivity index (χ1v) is 8.68. The molecule has 1 atom stereocenters. The van der Waals surface area contributed by atoms with Crippen LogP contribution >= 0.6 is 27.7 Å². The number of aromatic nitrogens is 2. The molecule has 0 bridgehead atoms. The summed E-state index contributed by atoms with van der Waals surface area (Å²) in [6.07, 6.45) is 4.28. The maximum atomic E-state index is 12.2. The highest BCUT2D eigenvalue weighted by Gasteiger charge is 2.16. The van der Waals surface area contributed by atoms with E-state index in [-0.39, 0.29) is 5.56 Å². The molecule has 1 aromatic rings. The first-order valence-electron chi connectivity index (χ1n) is 6.83. The molecule has 0 spiro atoms. The molecule has 1 N–H and O–H groups in total. The Bertz CT molecular complexity index is 500. The van der Waals surface area contributed by atoms with E-state index < -0.39 is 0 Å². The van der Waals surface area contributed by atoms with E-state index in [0.29, 0.717) is 16.3 Å². The third kappa shape index (κ3) is 4.23. The molecule has 2 rings (SSSR count). The van der Waals surface area contributed by atoms with Gasteiger partial charge in [-0.15, -0.1) is 0 Å². The number of halogens is 1. The first-order chi connectivity index (χ1) is 9.58. The lowest BCUT2D eigenvalue weighted by atomic mass is 10.2. The van der Waals surface area contributed by atoms with Crippen molar-refractivity contribution in [3.05, 3.63) is 21.0 Å². The number of hydrogen-bond donors (Lipinski definition) is 1. The van der Waals surface area contributed by atoms with E-state index in [1.807, 2.05) is 30.8 Å². The molecule has 5 nitrogen and oxygen atoms in total. The first kappa shape index (κ1) is 15.9. The van der Waals surface area contributed by atoms with Gasteiger partial charge in [0.15, 0.2) is 0 Å². The van der Waals surface area contributed by atoms with Crippen molar-refractivity contribution in [1.82, 2.24) is 14.7 Å². The summed E-state index contributed by atoms with van der Waals surface area (Å²) in [7, 11) is 3.96. The normalized spacial score (nSPS) is 18.7. The van der Waals surface area contributed by atoms with E-state index in [1.165, 1.54) is 23.3 Å². The Hall–Kier alpha value is -0.530. The number of thioether (sulfide) groups is 1. The molecule has 1 aliphatic rings. The summed E-state index contributed by atoms with van der Waals surface area (Å²) in [5.41, 5.74) is 0.722. The second kappa shape index (κ2) is 7.47. The molecule has 1 aromatic heterocycles. The van der Waals surface area contributed by atoms with Crippen molar-refractivity contribution in [2.24, 2.45) is 0 Å². The molecule has 1 saturated heterocycles. The zero-order chi connectivity index (χ0) is 14.5. The number of anilines is 1. The molecule has 112 valence electrons. The van der Waals surface area contributed by atoms with Crippen LogP contribution < -0.4 is 10.9 Å². The lowest BCUT2D eigenvalue weighted by molar-refractivity contribution is 0.367. The van der Waals surface area contributed by atoms with Crippen LogP contribution in [0.25, 0.3) is 0 Å². The van der Waals surface area contributed by atoms with Crippen LogP contribution in [0.15, 0.2) is 15.5 Å². The summed E-state index contributed by atoms with van der Waals surface area (Å²) in [4.78, 5) is 14.2. The zero-order valence-corrected chi connectivity index (χ0v) is 14.3. The SMILES string of the molecule is CN(C)CCn1ncc(NCC2CCCS2)c(Br)c1=O. The lowest BCUT2D eigenvalue weighted by Gasteiger charge is -2.14. The van der Waals surface area contributed by atoms with Crippen molar-refractivity contribution in [1.29, 1.82) is 0 Å². The molecule has 1 aliphatic heterocycles. The van der Waals surface area contributed by atoms with Crippen LogP contribution in [-0.4, -0.2) is 52.9 Å². The molecule has 0 amide bonds. The van der Waals surface area contributed by atoms with E-state index in [0.717, 1.165) is 18.8 Å². The fraction of sp³-hybridized carbons (Fsp3) is 0.692. The average Bonchev–Trinajstić information content (AvgIpc) is 2.92. The molecular weight excluding hydrogens is 340 g/mol. The monoisotopic (exact) mass is 360 g/mol. The van der Waals surface area contributed by atoms with Crippen LogP contribution in [0.3, 0.4) is 0 Å². The molecular formula is C13H21BrN4OS. The topological polar surface area (TPSA) is 50.2 Å². The van der Waals surface area contributed by atoms with Crippen LogP contribution in [0.4, 0.5) is 5.69 Å². The van der Waals surface area contributed by atoms with Gasteiger partial charge in [0.25, 0.3) is 5.56 Å². The molecule has 0 aliphatic carbocycles. The van der Waals surface area contributed by atoms with E-state index in [1.54, 1.807) is 6.20 Å². The van der Waals surface area contributed by atoms with Crippen molar-refractivity contribution in [3.8, 4) is 0 Å². The lowest BCUT2D eigenvalue weighted by Crippen LogP contribution is -2.29. The smallest absolute Gasteiger partial charge is 0.283 e. The number of nitrogens with zero attached hydrogens (tertiary/aromatic N) is 3. The summed E-state index contributed by atoms with van der Waals surface area (Å²) in [6.45, 7) is 2.29. The van der Waals surface area contributed by atoms with E-state index in [2.05, 4.69) is 26.3 Å². The average molecular weight is 361 g/mol. The Morgan fingerprint density at radius 3 is 3.05 bits per heavy atom. The van der Waals surface area contributed by atoms with Gasteiger partial charge in [-0.3, -0.25) is 4.79 Å². The van der Waals surface area contributed by atoms with Crippen molar-refractivity contribution >= 4 is 33.4 Å².